The highest BCUT2D eigenvalue weighted by atomic mass is 16.3. The third-order valence-electron chi connectivity index (χ3n) is 3.47. The summed E-state index contributed by atoms with van der Waals surface area (Å²) in [5, 5.41) is 3.45. The number of nitrogens with one attached hydrogen (secondary N) is 1. The fourth-order valence-electron chi connectivity index (χ4n) is 2.45. The lowest BCUT2D eigenvalue weighted by molar-refractivity contribution is 0.168. The van der Waals surface area contributed by atoms with Crippen LogP contribution in [0.3, 0.4) is 0 Å². The molecular formula is C13H22N2O. The third-order valence-corrected chi connectivity index (χ3v) is 3.47. The van der Waals surface area contributed by atoms with E-state index < -0.39 is 0 Å². The normalized spacial score (nSPS) is 25.4. The predicted octanol–water partition coefficient (Wildman–Crippen LogP) is 2.10. The minimum Gasteiger partial charge on any atom is -0.468 e. The lowest BCUT2D eigenvalue weighted by Crippen LogP contribution is -2.36. The molecule has 90 valence electrons. The first-order chi connectivity index (χ1) is 7.72. The van der Waals surface area contributed by atoms with Crippen molar-refractivity contribution < 1.29 is 4.42 Å². The van der Waals surface area contributed by atoms with Crippen LogP contribution in [0, 0.1) is 5.41 Å². The molecule has 0 amide bonds. The van der Waals surface area contributed by atoms with Crippen LogP contribution in [0.2, 0.25) is 0 Å². The van der Waals surface area contributed by atoms with Crippen LogP contribution in [0.15, 0.2) is 22.8 Å². The van der Waals surface area contributed by atoms with E-state index in [1.54, 1.807) is 6.26 Å². The summed E-state index contributed by atoms with van der Waals surface area (Å²) >= 11 is 0. The number of hydrogen-bond acceptors (Lipinski definition) is 3. The van der Waals surface area contributed by atoms with Crippen LogP contribution in [0.25, 0.3) is 0 Å². The van der Waals surface area contributed by atoms with E-state index in [0.717, 1.165) is 38.5 Å². The zero-order valence-electron chi connectivity index (χ0n) is 10.3. The van der Waals surface area contributed by atoms with Crippen molar-refractivity contribution in [1.29, 1.82) is 0 Å². The lowest BCUT2D eigenvalue weighted by atomic mass is 9.89. The summed E-state index contributed by atoms with van der Waals surface area (Å²) in [6, 6.07) is 4.01. The molecule has 0 saturated carbocycles. The van der Waals surface area contributed by atoms with Crippen LogP contribution in [-0.4, -0.2) is 31.1 Å². The van der Waals surface area contributed by atoms with Gasteiger partial charge in [0.05, 0.1) is 12.8 Å². The Morgan fingerprint density at radius 2 is 2.44 bits per heavy atom. The molecule has 0 aromatic carbocycles. The number of hydrogen-bond donors (Lipinski definition) is 1. The summed E-state index contributed by atoms with van der Waals surface area (Å²) in [6.07, 6.45) is 3.03. The number of rotatable bonds is 5. The van der Waals surface area contributed by atoms with Crippen LogP contribution in [0.4, 0.5) is 0 Å². The molecule has 2 heterocycles. The fourth-order valence-corrected chi connectivity index (χ4v) is 2.45. The highest BCUT2D eigenvalue weighted by Gasteiger charge is 2.30. The maximum absolute atomic E-state index is 5.41. The van der Waals surface area contributed by atoms with E-state index in [0.29, 0.717) is 5.41 Å². The van der Waals surface area contributed by atoms with Crippen molar-refractivity contribution >= 4 is 0 Å². The second kappa shape index (κ2) is 5.02. The number of furan rings is 1. The summed E-state index contributed by atoms with van der Waals surface area (Å²) in [6.45, 7) is 10.1. The minimum absolute atomic E-state index is 0.433. The monoisotopic (exact) mass is 222 g/mol. The molecule has 3 nitrogen and oxygen atoms in total. The van der Waals surface area contributed by atoms with E-state index >= 15 is 0 Å². The highest BCUT2D eigenvalue weighted by molar-refractivity contribution is 4.98. The first-order valence-electron chi connectivity index (χ1n) is 6.17. The second-order valence-corrected chi connectivity index (χ2v) is 5.12. The smallest absolute Gasteiger partial charge is 0.117 e. The van der Waals surface area contributed by atoms with Crippen molar-refractivity contribution in [2.75, 3.05) is 26.2 Å². The molecule has 0 bridgehead atoms. The molecule has 1 aromatic rings. The molecule has 1 unspecified atom stereocenters. The Morgan fingerprint density at radius 1 is 1.56 bits per heavy atom. The molecule has 1 fully saturated rings. The van der Waals surface area contributed by atoms with E-state index in [9.17, 15) is 0 Å². The van der Waals surface area contributed by atoms with Gasteiger partial charge in [-0.3, -0.25) is 4.90 Å². The van der Waals surface area contributed by atoms with Crippen molar-refractivity contribution in [3.63, 3.8) is 0 Å². The van der Waals surface area contributed by atoms with Gasteiger partial charge in [0.1, 0.15) is 5.76 Å². The zero-order chi connectivity index (χ0) is 11.4. The summed E-state index contributed by atoms with van der Waals surface area (Å²) in [4.78, 5) is 2.46. The van der Waals surface area contributed by atoms with Crippen molar-refractivity contribution in [3.8, 4) is 0 Å². The van der Waals surface area contributed by atoms with Crippen LogP contribution in [-0.2, 0) is 6.54 Å². The van der Waals surface area contributed by atoms with Gasteiger partial charge in [0, 0.05) is 13.1 Å². The van der Waals surface area contributed by atoms with E-state index in [4.69, 9.17) is 4.42 Å². The van der Waals surface area contributed by atoms with Gasteiger partial charge >= 0.3 is 0 Å². The van der Waals surface area contributed by atoms with Gasteiger partial charge in [-0.05, 0) is 37.1 Å². The Labute approximate surface area is 97.8 Å². The van der Waals surface area contributed by atoms with Crippen LogP contribution in [0.5, 0.6) is 0 Å². The van der Waals surface area contributed by atoms with E-state index in [1.807, 2.05) is 6.07 Å². The van der Waals surface area contributed by atoms with Crippen molar-refractivity contribution in [3.05, 3.63) is 24.2 Å². The maximum Gasteiger partial charge on any atom is 0.117 e. The minimum atomic E-state index is 0.433. The quantitative estimate of drug-likeness (QED) is 0.827. The molecule has 1 N–H and O–H groups in total. The largest absolute Gasteiger partial charge is 0.468 e. The second-order valence-electron chi connectivity index (χ2n) is 5.12. The molecule has 3 heteroatoms. The average Bonchev–Trinajstić information content (AvgIpc) is 2.89. The third kappa shape index (κ3) is 2.86. The molecule has 16 heavy (non-hydrogen) atoms. The summed E-state index contributed by atoms with van der Waals surface area (Å²) in [5.41, 5.74) is 0.433. The molecule has 0 aliphatic carbocycles. The van der Waals surface area contributed by atoms with E-state index in [-0.39, 0.29) is 0 Å². The van der Waals surface area contributed by atoms with Gasteiger partial charge in [-0.1, -0.05) is 13.8 Å². The van der Waals surface area contributed by atoms with Crippen molar-refractivity contribution in [1.82, 2.24) is 10.2 Å². The summed E-state index contributed by atoms with van der Waals surface area (Å²) in [5.74, 6) is 1.07. The Morgan fingerprint density at radius 3 is 3.00 bits per heavy atom. The van der Waals surface area contributed by atoms with Gasteiger partial charge in [-0.25, -0.2) is 0 Å². The average molecular weight is 222 g/mol. The molecule has 1 aliphatic rings. The molecule has 1 saturated heterocycles. The number of nitrogens with zero attached hydrogens (tertiary/aromatic N) is 1. The first-order valence-corrected chi connectivity index (χ1v) is 6.17. The molecular weight excluding hydrogens is 200 g/mol. The van der Waals surface area contributed by atoms with Gasteiger partial charge < -0.3 is 9.73 Å². The summed E-state index contributed by atoms with van der Waals surface area (Å²) in [7, 11) is 0. The molecule has 1 aliphatic heterocycles. The Balaban J connectivity index is 1.90. The fraction of sp³-hybridized carbons (Fsp3) is 0.692. The van der Waals surface area contributed by atoms with Crippen LogP contribution < -0.4 is 5.32 Å². The SMILES string of the molecule is CCN(Cc1ccco1)CC1(C)CCNC1. The van der Waals surface area contributed by atoms with E-state index in [1.165, 1.54) is 6.42 Å². The molecule has 1 atom stereocenters. The Hall–Kier alpha value is -0.800. The highest BCUT2D eigenvalue weighted by Crippen LogP contribution is 2.26. The summed E-state index contributed by atoms with van der Waals surface area (Å²) < 4.78 is 5.41. The van der Waals surface area contributed by atoms with Gasteiger partial charge in [-0.15, -0.1) is 0 Å². The molecule has 1 aromatic heterocycles. The van der Waals surface area contributed by atoms with Gasteiger partial charge in [0.2, 0.25) is 0 Å². The lowest BCUT2D eigenvalue weighted by Gasteiger charge is -2.30. The maximum atomic E-state index is 5.41. The topological polar surface area (TPSA) is 28.4 Å². The van der Waals surface area contributed by atoms with Crippen molar-refractivity contribution in [2.45, 2.75) is 26.8 Å². The van der Waals surface area contributed by atoms with E-state index in [2.05, 4.69) is 30.1 Å². The zero-order valence-corrected chi connectivity index (χ0v) is 10.3. The van der Waals surface area contributed by atoms with Gasteiger partial charge in [0.15, 0.2) is 0 Å². The Bertz CT molecular complexity index is 302. The van der Waals surface area contributed by atoms with Gasteiger partial charge in [-0.2, -0.15) is 0 Å². The van der Waals surface area contributed by atoms with Gasteiger partial charge in [0.25, 0.3) is 0 Å². The first kappa shape index (κ1) is 11.7. The standard InChI is InChI=1S/C13H22N2O/c1-3-15(9-12-5-4-8-16-12)11-13(2)6-7-14-10-13/h4-5,8,14H,3,6-7,9-11H2,1-2H3. The molecule has 0 radical (unpaired) electrons. The molecule has 2 rings (SSSR count). The Kier molecular flexibility index (Phi) is 3.66. The van der Waals surface area contributed by atoms with Crippen LogP contribution in [0.1, 0.15) is 26.0 Å². The predicted molar refractivity (Wildman–Crippen MR) is 65.3 cm³/mol. The van der Waals surface area contributed by atoms with Crippen molar-refractivity contribution in [2.24, 2.45) is 5.41 Å². The molecule has 0 spiro atoms. The van der Waals surface area contributed by atoms with Crippen LogP contribution >= 0.6 is 0 Å².